The highest BCUT2D eigenvalue weighted by Gasteiger charge is 2.21. The van der Waals surface area contributed by atoms with E-state index in [1.54, 1.807) is 12.4 Å². The van der Waals surface area contributed by atoms with E-state index in [9.17, 15) is 0 Å². The van der Waals surface area contributed by atoms with Gasteiger partial charge in [-0.2, -0.15) is 0 Å². The maximum atomic E-state index is 5.37. The van der Waals surface area contributed by atoms with Gasteiger partial charge in [-0.15, -0.1) is 0 Å². The van der Waals surface area contributed by atoms with Crippen molar-refractivity contribution in [2.24, 2.45) is 0 Å². The van der Waals surface area contributed by atoms with Gasteiger partial charge in [0.1, 0.15) is 5.65 Å². The summed E-state index contributed by atoms with van der Waals surface area (Å²) in [6.45, 7) is 0. The third kappa shape index (κ3) is 5.46. The Morgan fingerprint density at radius 3 is 1.49 bits per heavy atom. The zero-order valence-electron chi connectivity index (χ0n) is 28.2. The maximum absolute atomic E-state index is 5.37. The van der Waals surface area contributed by atoms with Crippen LogP contribution in [0.5, 0.6) is 0 Å². The van der Waals surface area contributed by atoms with E-state index in [1.807, 2.05) is 91.0 Å². The normalized spacial score (nSPS) is 11.4. The van der Waals surface area contributed by atoms with Crippen LogP contribution in [0.4, 0.5) is 0 Å². The molecule has 0 atom stereocenters. The molecule has 0 radical (unpaired) electrons. The Morgan fingerprint density at radius 1 is 0.377 bits per heavy atom. The summed E-state index contributed by atoms with van der Waals surface area (Å²) in [6.07, 6.45) is 3.52. The number of aromatic nitrogens is 8. The Kier molecular flexibility index (Phi) is 7.28. The molecule has 0 fully saturated rings. The molecule has 0 spiro atoms. The van der Waals surface area contributed by atoms with E-state index in [0.717, 1.165) is 61.0 Å². The summed E-state index contributed by atoms with van der Waals surface area (Å²) in [7, 11) is 0. The minimum absolute atomic E-state index is 0.454. The lowest BCUT2D eigenvalue weighted by Gasteiger charge is -2.14. The van der Waals surface area contributed by atoms with Gasteiger partial charge in [0, 0.05) is 34.5 Å². The molecule has 4 aromatic heterocycles. The SMILES string of the molecule is c1ccc(-c2cc(-c3ccccc3)c3nc(-c4ncc(-c5nc(-c6ccccc6)nc(-c6ccccc6)n5)cn4)n4c5ccccc5nc4c3c2)cc1. The molecule has 10 rings (SSSR count). The highest BCUT2D eigenvalue weighted by Crippen LogP contribution is 2.37. The Bertz CT molecular complexity index is 2850. The molecule has 4 heterocycles. The fourth-order valence-corrected chi connectivity index (χ4v) is 6.78. The van der Waals surface area contributed by atoms with Gasteiger partial charge in [-0.25, -0.2) is 34.9 Å². The molecule has 0 saturated heterocycles. The minimum Gasteiger partial charge on any atom is -0.273 e. The highest BCUT2D eigenvalue weighted by atomic mass is 15.1. The van der Waals surface area contributed by atoms with Crippen molar-refractivity contribution >= 4 is 27.6 Å². The third-order valence-electron chi connectivity index (χ3n) is 9.34. The first-order chi connectivity index (χ1) is 26.3. The van der Waals surface area contributed by atoms with Crippen molar-refractivity contribution in [3.05, 3.63) is 170 Å². The number of para-hydroxylation sites is 2. The Balaban J connectivity index is 1.18. The monoisotopic (exact) mass is 680 g/mol. The molecule has 0 amide bonds. The summed E-state index contributed by atoms with van der Waals surface area (Å²) in [5.41, 5.74) is 10.1. The van der Waals surface area contributed by atoms with Gasteiger partial charge in [-0.1, -0.05) is 133 Å². The van der Waals surface area contributed by atoms with E-state index >= 15 is 0 Å². The first-order valence-corrected chi connectivity index (χ1v) is 17.3. The van der Waals surface area contributed by atoms with Crippen LogP contribution in [0.25, 0.3) is 95.6 Å². The summed E-state index contributed by atoms with van der Waals surface area (Å²) < 4.78 is 2.07. The van der Waals surface area contributed by atoms with Crippen LogP contribution in [0.2, 0.25) is 0 Å². The Morgan fingerprint density at radius 2 is 0.887 bits per heavy atom. The number of hydrogen-bond acceptors (Lipinski definition) is 7. The van der Waals surface area contributed by atoms with Crippen molar-refractivity contribution in [1.82, 2.24) is 39.3 Å². The molecule has 0 N–H and O–H groups in total. The molecule has 0 saturated carbocycles. The summed E-state index contributed by atoms with van der Waals surface area (Å²) in [5, 5.41) is 0.939. The lowest BCUT2D eigenvalue weighted by atomic mass is 9.96. The van der Waals surface area contributed by atoms with E-state index in [0.29, 0.717) is 34.7 Å². The second-order valence-electron chi connectivity index (χ2n) is 12.7. The molecule has 8 heteroatoms. The number of hydrogen-bond donors (Lipinski definition) is 0. The molecule has 248 valence electrons. The Hall–Kier alpha value is -7.45. The minimum atomic E-state index is 0.454. The molecule has 0 bridgehead atoms. The second-order valence-corrected chi connectivity index (χ2v) is 12.7. The summed E-state index contributed by atoms with van der Waals surface area (Å²) in [4.78, 5) is 35.0. The van der Waals surface area contributed by atoms with E-state index in [2.05, 4.69) is 71.1 Å². The number of fused-ring (bicyclic) bond motifs is 5. The van der Waals surface area contributed by atoms with Crippen LogP contribution < -0.4 is 0 Å². The summed E-state index contributed by atoms with van der Waals surface area (Å²) in [6, 6.07) is 53.1. The average molecular weight is 681 g/mol. The topological polar surface area (TPSA) is 94.6 Å². The summed E-state index contributed by atoms with van der Waals surface area (Å²) in [5.74, 6) is 2.67. The van der Waals surface area contributed by atoms with E-state index in [4.69, 9.17) is 34.9 Å². The van der Waals surface area contributed by atoms with Crippen molar-refractivity contribution in [1.29, 1.82) is 0 Å². The fraction of sp³-hybridized carbons (Fsp3) is 0. The molecule has 10 aromatic rings. The van der Waals surface area contributed by atoms with Crippen molar-refractivity contribution < 1.29 is 0 Å². The zero-order chi connectivity index (χ0) is 35.1. The maximum Gasteiger partial charge on any atom is 0.196 e. The standard InChI is InChI=1S/C45H28N8/c1-5-15-29(16-6-1)33-25-35(30-17-7-2-8-18-30)39-36(26-33)44-48-37-23-13-14-24-38(37)53(44)45(49-39)43-46-27-34(28-47-43)42-51-40(31-19-9-3-10-20-31)50-41(52-42)32-21-11-4-12-22-32/h1-28H. The van der Waals surface area contributed by atoms with Gasteiger partial charge in [0.25, 0.3) is 0 Å². The summed E-state index contributed by atoms with van der Waals surface area (Å²) >= 11 is 0. The first kappa shape index (κ1) is 30.4. The van der Waals surface area contributed by atoms with Crippen molar-refractivity contribution in [3.8, 4) is 68.1 Å². The largest absolute Gasteiger partial charge is 0.273 e. The number of benzene rings is 6. The molecule has 8 nitrogen and oxygen atoms in total. The molecule has 53 heavy (non-hydrogen) atoms. The van der Waals surface area contributed by atoms with Crippen LogP contribution in [0, 0.1) is 0 Å². The van der Waals surface area contributed by atoms with Crippen LogP contribution in [0.3, 0.4) is 0 Å². The Labute approximate surface area is 304 Å². The number of rotatable bonds is 6. The van der Waals surface area contributed by atoms with E-state index in [-0.39, 0.29) is 0 Å². The van der Waals surface area contributed by atoms with Crippen LogP contribution in [0.15, 0.2) is 170 Å². The molecule has 0 aliphatic heterocycles. The van der Waals surface area contributed by atoms with Gasteiger partial charge in [-0.3, -0.25) is 4.40 Å². The molecular formula is C45H28N8. The predicted octanol–water partition coefficient (Wildman–Crippen LogP) is 10.0. The van der Waals surface area contributed by atoms with Crippen molar-refractivity contribution in [3.63, 3.8) is 0 Å². The van der Waals surface area contributed by atoms with Gasteiger partial charge < -0.3 is 0 Å². The van der Waals surface area contributed by atoms with Crippen LogP contribution in [0.1, 0.15) is 0 Å². The number of imidazole rings is 1. The first-order valence-electron chi connectivity index (χ1n) is 17.3. The predicted molar refractivity (Wildman–Crippen MR) is 210 cm³/mol. The molecule has 0 unspecified atom stereocenters. The van der Waals surface area contributed by atoms with E-state index in [1.165, 1.54) is 0 Å². The van der Waals surface area contributed by atoms with Gasteiger partial charge in [0.15, 0.2) is 29.1 Å². The fourth-order valence-electron chi connectivity index (χ4n) is 6.78. The third-order valence-corrected chi connectivity index (χ3v) is 9.34. The van der Waals surface area contributed by atoms with Crippen molar-refractivity contribution in [2.45, 2.75) is 0 Å². The van der Waals surface area contributed by atoms with Gasteiger partial charge in [0.05, 0.1) is 22.1 Å². The lowest BCUT2D eigenvalue weighted by molar-refractivity contribution is 1.04. The molecular weight excluding hydrogens is 653 g/mol. The van der Waals surface area contributed by atoms with Crippen LogP contribution in [-0.4, -0.2) is 39.3 Å². The van der Waals surface area contributed by atoms with E-state index < -0.39 is 0 Å². The molecule has 0 aliphatic rings. The molecule has 0 aliphatic carbocycles. The van der Waals surface area contributed by atoms with Crippen LogP contribution >= 0.6 is 0 Å². The lowest BCUT2D eigenvalue weighted by Crippen LogP contribution is -2.04. The number of nitrogens with zero attached hydrogens (tertiary/aromatic N) is 8. The van der Waals surface area contributed by atoms with Gasteiger partial charge >= 0.3 is 0 Å². The van der Waals surface area contributed by atoms with Gasteiger partial charge in [0.2, 0.25) is 0 Å². The smallest absolute Gasteiger partial charge is 0.196 e. The van der Waals surface area contributed by atoms with Crippen molar-refractivity contribution in [2.75, 3.05) is 0 Å². The quantitative estimate of drug-likeness (QED) is 0.173. The van der Waals surface area contributed by atoms with Crippen LogP contribution in [-0.2, 0) is 0 Å². The zero-order valence-corrected chi connectivity index (χ0v) is 28.2. The van der Waals surface area contributed by atoms with Gasteiger partial charge in [-0.05, 0) is 41.0 Å². The second kappa shape index (κ2) is 12.7. The average Bonchev–Trinajstić information content (AvgIpc) is 3.64. The highest BCUT2D eigenvalue weighted by molar-refractivity contribution is 6.06. The molecule has 6 aromatic carbocycles.